The van der Waals surface area contributed by atoms with E-state index in [0.29, 0.717) is 6.04 Å². The van der Waals surface area contributed by atoms with E-state index in [1.807, 2.05) is 0 Å². The number of phenols is 2. The lowest BCUT2D eigenvalue weighted by Gasteiger charge is -2.38. The summed E-state index contributed by atoms with van der Waals surface area (Å²) in [7, 11) is 2.17. The summed E-state index contributed by atoms with van der Waals surface area (Å²) >= 11 is 1.69. The van der Waals surface area contributed by atoms with Gasteiger partial charge in [0.2, 0.25) is 0 Å². The van der Waals surface area contributed by atoms with Gasteiger partial charge < -0.3 is 26.1 Å². The number of hydrogen-bond acceptors (Lipinski definition) is 5. The molecule has 1 fully saturated rings. The SMILES string of the molecule is Br.Br.CN1CCN(C2Cc3cc(O)c(O)cc3Sc3ccccc32)CC1.O.O. The van der Waals surface area contributed by atoms with Crippen LogP contribution in [0.15, 0.2) is 46.2 Å². The molecule has 0 radical (unpaired) electrons. The predicted octanol–water partition coefficient (Wildman–Crippen LogP) is 2.60. The molecule has 0 saturated carbocycles. The van der Waals surface area contributed by atoms with Crippen molar-refractivity contribution in [3.05, 3.63) is 47.5 Å². The lowest BCUT2D eigenvalue weighted by Crippen LogP contribution is -2.46. The third-order valence-electron chi connectivity index (χ3n) is 5.05. The number of benzene rings is 2. The van der Waals surface area contributed by atoms with Gasteiger partial charge >= 0.3 is 0 Å². The van der Waals surface area contributed by atoms with E-state index < -0.39 is 0 Å². The first-order valence-corrected chi connectivity index (χ1v) is 9.17. The molecule has 0 amide bonds. The van der Waals surface area contributed by atoms with Crippen molar-refractivity contribution >= 4 is 45.7 Å². The van der Waals surface area contributed by atoms with Crippen LogP contribution in [0.1, 0.15) is 17.2 Å². The number of nitrogens with zero attached hydrogens (tertiary/aromatic N) is 2. The molecule has 1 unspecified atom stereocenters. The zero-order valence-electron chi connectivity index (χ0n) is 15.6. The monoisotopic (exact) mass is 538 g/mol. The number of likely N-dealkylation sites (N-methyl/N-ethyl adjacent to an activating group) is 1. The Hall–Kier alpha value is -0.810. The number of hydrogen-bond donors (Lipinski definition) is 2. The van der Waals surface area contributed by atoms with Gasteiger partial charge in [-0.2, -0.15) is 0 Å². The Balaban J connectivity index is 0.00000182. The molecule has 6 N–H and O–H groups in total. The summed E-state index contributed by atoms with van der Waals surface area (Å²) in [5, 5.41) is 19.8. The summed E-state index contributed by atoms with van der Waals surface area (Å²) in [4.78, 5) is 7.20. The van der Waals surface area contributed by atoms with Crippen molar-refractivity contribution in [1.82, 2.24) is 9.80 Å². The molecule has 2 aromatic carbocycles. The van der Waals surface area contributed by atoms with Crippen molar-refractivity contribution in [2.24, 2.45) is 0 Å². The van der Waals surface area contributed by atoms with Crippen LogP contribution in [0.25, 0.3) is 0 Å². The largest absolute Gasteiger partial charge is 0.504 e. The van der Waals surface area contributed by atoms with E-state index in [4.69, 9.17) is 0 Å². The van der Waals surface area contributed by atoms with Gasteiger partial charge in [-0.05, 0) is 42.8 Å². The molecule has 2 aromatic rings. The molecule has 2 heterocycles. The van der Waals surface area contributed by atoms with Crippen LogP contribution in [0.5, 0.6) is 11.5 Å². The molecule has 4 rings (SSSR count). The molecule has 0 bridgehead atoms. The Morgan fingerprint density at radius 1 is 0.893 bits per heavy atom. The summed E-state index contributed by atoms with van der Waals surface area (Å²) in [5.41, 5.74) is 2.46. The van der Waals surface area contributed by atoms with Crippen molar-refractivity contribution < 1.29 is 21.2 Å². The minimum Gasteiger partial charge on any atom is -0.504 e. The van der Waals surface area contributed by atoms with Crippen molar-refractivity contribution in [3.8, 4) is 11.5 Å². The van der Waals surface area contributed by atoms with Crippen LogP contribution in [-0.4, -0.2) is 64.2 Å². The number of piperazine rings is 1. The van der Waals surface area contributed by atoms with Crippen LogP contribution >= 0.6 is 45.7 Å². The molecular formula is C19H28Br2N2O4S. The van der Waals surface area contributed by atoms with Crippen molar-refractivity contribution in [2.45, 2.75) is 22.3 Å². The second-order valence-corrected chi connectivity index (χ2v) is 7.73. The van der Waals surface area contributed by atoms with E-state index in [-0.39, 0.29) is 56.4 Å². The lowest BCUT2D eigenvalue weighted by molar-refractivity contribution is 0.110. The van der Waals surface area contributed by atoms with Crippen LogP contribution in [0, 0.1) is 0 Å². The maximum Gasteiger partial charge on any atom is 0.158 e. The highest BCUT2D eigenvalue weighted by Gasteiger charge is 2.29. The molecule has 158 valence electrons. The van der Waals surface area contributed by atoms with Crippen LogP contribution in [0.4, 0.5) is 0 Å². The van der Waals surface area contributed by atoms with Gasteiger partial charge in [0.1, 0.15) is 0 Å². The molecule has 0 aromatic heterocycles. The van der Waals surface area contributed by atoms with E-state index in [1.165, 1.54) is 10.5 Å². The van der Waals surface area contributed by atoms with Crippen molar-refractivity contribution in [1.29, 1.82) is 0 Å². The van der Waals surface area contributed by atoms with E-state index in [0.717, 1.165) is 43.1 Å². The zero-order chi connectivity index (χ0) is 16.7. The van der Waals surface area contributed by atoms with E-state index in [1.54, 1.807) is 23.9 Å². The fraction of sp³-hybridized carbons (Fsp3) is 0.368. The van der Waals surface area contributed by atoms with Crippen LogP contribution < -0.4 is 0 Å². The Labute approximate surface area is 190 Å². The van der Waals surface area contributed by atoms with E-state index in [9.17, 15) is 10.2 Å². The topological polar surface area (TPSA) is 110 Å². The highest BCUT2D eigenvalue weighted by Crippen LogP contribution is 2.45. The first-order chi connectivity index (χ1) is 11.6. The third-order valence-corrected chi connectivity index (χ3v) is 6.24. The highest BCUT2D eigenvalue weighted by molar-refractivity contribution is 8.93. The number of rotatable bonds is 1. The normalized spacial score (nSPS) is 18.7. The Bertz CT molecular complexity index is 774. The molecule has 2 aliphatic heterocycles. The van der Waals surface area contributed by atoms with Crippen LogP contribution in [0.2, 0.25) is 0 Å². The summed E-state index contributed by atoms with van der Waals surface area (Å²) in [5.74, 6) is -0.0748. The van der Waals surface area contributed by atoms with E-state index >= 15 is 0 Å². The number of aromatic hydroxyl groups is 2. The number of halogens is 2. The second kappa shape index (κ2) is 11.4. The van der Waals surface area contributed by atoms with Gasteiger partial charge in [-0.3, -0.25) is 4.90 Å². The Morgan fingerprint density at radius 2 is 1.50 bits per heavy atom. The number of phenolic OH excluding ortho intramolecular Hbond substituents is 2. The smallest absolute Gasteiger partial charge is 0.158 e. The van der Waals surface area contributed by atoms with Crippen LogP contribution in [0.3, 0.4) is 0 Å². The van der Waals surface area contributed by atoms with Gasteiger partial charge in [-0.1, -0.05) is 30.0 Å². The first-order valence-electron chi connectivity index (χ1n) is 8.36. The molecule has 1 saturated heterocycles. The summed E-state index contributed by atoms with van der Waals surface area (Å²) < 4.78 is 0. The average Bonchev–Trinajstić information content (AvgIpc) is 2.73. The van der Waals surface area contributed by atoms with Gasteiger partial charge in [0, 0.05) is 42.0 Å². The summed E-state index contributed by atoms with van der Waals surface area (Å²) in [6, 6.07) is 12.3. The average molecular weight is 540 g/mol. The van der Waals surface area contributed by atoms with Crippen molar-refractivity contribution in [3.63, 3.8) is 0 Å². The Kier molecular flexibility index (Phi) is 11.1. The van der Waals surface area contributed by atoms with Gasteiger partial charge in [0.05, 0.1) is 0 Å². The Morgan fingerprint density at radius 3 is 2.18 bits per heavy atom. The maximum absolute atomic E-state index is 9.94. The molecule has 28 heavy (non-hydrogen) atoms. The molecule has 6 nitrogen and oxygen atoms in total. The molecular weight excluding hydrogens is 512 g/mol. The van der Waals surface area contributed by atoms with Gasteiger partial charge in [-0.25, -0.2) is 0 Å². The van der Waals surface area contributed by atoms with Crippen molar-refractivity contribution in [2.75, 3.05) is 33.2 Å². The lowest BCUT2D eigenvalue weighted by atomic mass is 9.96. The maximum atomic E-state index is 9.94. The molecule has 9 heteroatoms. The summed E-state index contributed by atoms with van der Waals surface area (Å²) in [6.07, 6.45) is 0.858. The number of fused-ring (bicyclic) bond motifs is 2. The zero-order valence-corrected chi connectivity index (χ0v) is 19.8. The van der Waals surface area contributed by atoms with Gasteiger partial charge in [0.25, 0.3) is 0 Å². The quantitative estimate of drug-likeness (QED) is 0.541. The first kappa shape index (κ1) is 27.2. The second-order valence-electron chi connectivity index (χ2n) is 6.65. The molecule has 1 atom stereocenters. The summed E-state index contributed by atoms with van der Waals surface area (Å²) in [6.45, 7) is 4.28. The van der Waals surface area contributed by atoms with Gasteiger partial charge in [-0.15, -0.1) is 34.0 Å². The van der Waals surface area contributed by atoms with Gasteiger partial charge in [0.15, 0.2) is 11.5 Å². The third kappa shape index (κ3) is 5.41. The molecule has 2 aliphatic rings. The minimum absolute atomic E-state index is 0. The van der Waals surface area contributed by atoms with Crippen LogP contribution in [-0.2, 0) is 6.42 Å². The minimum atomic E-state index is -0.0446. The fourth-order valence-electron chi connectivity index (χ4n) is 3.60. The predicted molar refractivity (Wildman–Crippen MR) is 124 cm³/mol. The molecule has 0 aliphatic carbocycles. The highest BCUT2D eigenvalue weighted by atomic mass is 79.9. The fourth-order valence-corrected chi connectivity index (χ4v) is 4.75. The standard InChI is InChI=1S/C19H22N2O2S.2BrH.2H2O/c1-20-6-8-21(9-7-20)15-10-13-11-16(22)17(23)12-19(13)24-18-5-3-2-4-14(15)18;;;;/h2-5,11-12,15,22-23H,6-10H2,1H3;2*1H;2*1H2. The molecule has 0 spiro atoms. The van der Waals surface area contributed by atoms with E-state index in [2.05, 4.69) is 41.1 Å².